The lowest BCUT2D eigenvalue weighted by molar-refractivity contribution is -0.277. The number of ether oxygens (including phenoxy) is 4. The molecule has 4 rings (SSSR count). The van der Waals surface area contributed by atoms with Gasteiger partial charge in [0.2, 0.25) is 17.8 Å². The molecule has 5 atom stereocenters. The van der Waals surface area contributed by atoms with Crippen LogP contribution in [0.25, 0.3) is 22.3 Å². The second-order valence-corrected chi connectivity index (χ2v) is 7.86. The van der Waals surface area contributed by atoms with Crippen LogP contribution in [0.15, 0.2) is 34.7 Å². The first-order valence-electron chi connectivity index (χ1n) is 10.4. The maximum absolute atomic E-state index is 10.4. The highest BCUT2D eigenvalue weighted by Crippen LogP contribution is 2.45. The molecular formula is C23H25O12+. The molecular weight excluding hydrogens is 468 g/mol. The smallest absolute Gasteiger partial charge is 0.402 e. The molecule has 188 valence electrons. The molecule has 12 heteroatoms. The van der Waals surface area contributed by atoms with Gasteiger partial charge in [-0.05, 0) is 0 Å². The summed E-state index contributed by atoms with van der Waals surface area (Å²) in [5.41, 5.74) is 0.325. The number of aromatic hydroxyl groups is 3. The average molecular weight is 493 g/mol. The molecule has 2 heterocycles. The van der Waals surface area contributed by atoms with Crippen molar-refractivity contribution < 1.29 is 59.1 Å². The third-order valence-electron chi connectivity index (χ3n) is 5.65. The number of fused-ring (bicyclic) bond motifs is 1. The minimum absolute atomic E-state index is 0.0175. The Kier molecular flexibility index (Phi) is 6.74. The highest BCUT2D eigenvalue weighted by molar-refractivity contribution is 5.88. The SMILES string of the molecule is COc1cc(-c2[o+]c3cc(O)cc(O)c3cc2O[C@H]2O[C@@H](CO)[C@H](O)[C@@H](O)[C@@H]2O)cc(OC)c1O. The van der Waals surface area contributed by atoms with E-state index in [0.29, 0.717) is 0 Å². The van der Waals surface area contributed by atoms with Crippen molar-refractivity contribution in [3.63, 3.8) is 0 Å². The van der Waals surface area contributed by atoms with Gasteiger partial charge in [-0.1, -0.05) is 0 Å². The lowest BCUT2D eigenvalue weighted by atomic mass is 9.99. The number of rotatable bonds is 6. The first kappa shape index (κ1) is 24.6. The van der Waals surface area contributed by atoms with Crippen molar-refractivity contribution in [3.05, 3.63) is 30.3 Å². The van der Waals surface area contributed by atoms with Crippen molar-refractivity contribution in [3.8, 4) is 45.8 Å². The molecule has 0 saturated carbocycles. The quantitative estimate of drug-likeness (QED) is 0.238. The molecule has 1 aliphatic heterocycles. The first-order valence-corrected chi connectivity index (χ1v) is 10.4. The molecule has 0 amide bonds. The number of aliphatic hydroxyl groups excluding tert-OH is 4. The molecule has 1 fully saturated rings. The lowest BCUT2D eigenvalue weighted by Crippen LogP contribution is -2.60. The summed E-state index contributed by atoms with van der Waals surface area (Å²) < 4.78 is 27.5. The zero-order valence-corrected chi connectivity index (χ0v) is 18.7. The van der Waals surface area contributed by atoms with Crippen LogP contribution in [0, 0.1) is 0 Å². The highest BCUT2D eigenvalue weighted by Gasteiger charge is 2.45. The predicted molar refractivity (Wildman–Crippen MR) is 119 cm³/mol. The van der Waals surface area contributed by atoms with E-state index in [1.54, 1.807) is 0 Å². The van der Waals surface area contributed by atoms with Crippen LogP contribution >= 0.6 is 0 Å². The van der Waals surface area contributed by atoms with Crippen molar-refractivity contribution in [2.45, 2.75) is 30.7 Å². The van der Waals surface area contributed by atoms with E-state index in [9.17, 15) is 35.7 Å². The number of benzene rings is 2. The lowest BCUT2D eigenvalue weighted by Gasteiger charge is -2.39. The van der Waals surface area contributed by atoms with Crippen LogP contribution in [0.1, 0.15) is 0 Å². The maximum atomic E-state index is 10.4. The van der Waals surface area contributed by atoms with Gasteiger partial charge in [0.15, 0.2) is 11.5 Å². The van der Waals surface area contributed by atoms with Crippen molar-refractivity contribution >= 4 is 11.0 Å². The van der Waals surface area contributed by atoms with Crippen LogP contribution in [0.3, 0.4) is 0 Å². The summed E-state index contributed by atoms with van der Waals surface area (Å²) in [7, 11) is 2.66. The van der Waals surface area contributed by atoms with E-state index < -0.39 is 37.3 Å². The molecule has 0 radical (unpaired) electrons. The Morgan fingerprint density at radius 3 is 2.11 bits per heavy atom. The highest BCUT2D eigenvalue weighted by atomic mass is 16.7. The summed E-state index contributed by atoms with van der Waals surface area (Å²) in [6.07, 6.45) is -7.77. The number of phenols is 3. The van der Waals surface area contributed by atoms with Gasteiger partial charge in [-0.15, -0.1) is 0 Å². The number of hydrogen-bond acceptors (Lipinski definition) is 11. The number of methoxy groups -OCH3 is 2. The van der Waals surface area contributed by atoms with E-state index in [2.05, 4.69) is 0 Å². The average Bonchev–Trinajstić information content (AvgIpc) is 2.84. The molecule has 1 aromatic heterocycles. The van der Waals surface area contributed by atoms with E-state index in [4.69, 9.17) is 23.4 Å². The molecule has 0 aliphatic carbocycles. The molecule has 1 aliphatic rings. The molecule has 0 bridgehead atoms. The van der Waals surface area contributed by atoms with Gasteiger partial charge in [0, 0.05) is 24.3 Å². The largest absolute Gasteiger partial charge is 0.507 e. The van der Waals surface area contributed by atoms with Crippen LogP contribution in [-0.2, 0) is 4.74 Å². The Labute approximate surface area is 198 Å². The van der Waals surface area contributed by atoms with Gasteiger partial charge in [0.1, 0.15) is 41.3 Å². The molecule has 35 heavy (non-hydrogen) atoms. The molecule has 0 unspecified atom stereocenters. The maximum Gasteiger partial charge on any atom is 0.402 e. The Morgan fingerprint density at radius 1 is 0.857 bits per heavy atom. The van der Waals surface area contributed by atoms with Crippen LogP contribution in [0.5, 0.6) is 34.5 Å². The number of phenolic OH excluding ortho intramolecular Hbond substituents is 3. The minimum Gasteiger partial charge on any atom is -0.507 e. The van der Waals surface area contributed by atoms with E-state index >= 15 is 0 Å². The van der Waals surface area contributed by atoms with E-state index in [1.807, 2.05) is 0 Å². The Morgan fingerprint density at radius 2 is 1.51 bits per heavy atom. The summed E-state index contributed by atoms with van der Waals surface area (Å²) in [6.45, 7) is -0.661. The molecule has 12 nitrogen and oxygen atoms in total. The van der Waals surface area contributed by atoms with Gasteiger partial charge in [0.05, 0.1) is 32.5 Å². The first-order chi connectivity index (χ1) is 16.7. The summed E-state index contributed by atoms with van der Waals surface area (Å²) in [5, 5.41) is 70.7. The monoisotopic (exact) mass is 493 g/mol. The molecule has 3 aromatic rings. The van der Waals surface area contributed by atoms with Crippen LogP contribution < -0.4 is 14.2 Å². The van der Waals surface area contributed by atoms with Gasteiger partial charge < -0.3 is 54.7 Å². The van der Waals surface area contributed by atoms with Crippen molar-refractivity contribution in [1.29, 1.82) is 0 Å². The molecule has 2 aromatic carbocycles. The summed E-state index contributed by atoms with van der Waals surface area (Å²) in [4.78, 5) is 0. The topological polar surface area (TPSA) is 190 Å². The predicted octanol–water partition coefficient (Wildman–Crippen LogP) is 0.694. The molecule has 1 saturated heterocycles. The third-order valence-corrected chi connectivity index (χ3v) is 5.65. The number of hydrogen-bond donors (Lipinski definition) is 7. The van der Waals surface area contributed by atoms with Crippen molar-refractivity contribution in [1.82, 2.24) is 0 Å². The van der Waals surface area contributed by atoms with E-state index in [1.165, 1.54) is 38.5 Å². The van der Waals surface area contributed by atoms with Gasteiger partial charge in [-0.2, -0.15) is 0 Å². The van der Waals surface area contributed by atoms with Crippen LogP contribution in [0.4, 0.5) is 0 Å². The normalized spacial score (nSPS) is 24.3. The second kappa shape index (κ2) is 9.60. The minimum atomic E-state index is -1.71. The summed E-state index contributed by atoms with van der Waals surface area (Å²) in [5.74, 6) is -0.928. The van der Waals surface area contributed by atoms with Crippen molar-refractivity contribution in [2.24, 2.45) is 0 Å². The Hall–Kier alpha value is -3.55. The third kappa shape index (κ3) is 4.45. The Balaban J connectivity index is 1.89. The fourth-order valence-corrected chi connectivity index (χ4v) is 3.79. The molecule has 0 spiro atoms. The standard InChI is InChI=1S/C23H24O12/c1-31-14-3-9(4-15(32-2)18(14)27)22-16(7-11-12(26)5-10(25)6-13(11)33-22)34-23-21(30)20(29)19(28)17(8-24)35-23/h3-7,17,19-21,23-24,28-30H,8H2,1-2H3,(H2-,25,26,27)/p+1/t17-,19-,20+,21-,23-/m0/s1. The van der Waals surface area contributed by atoms with Gasteiger partial charge >= 0.3 is 11.3 Å². The molecule has 7 N–H and O–H groups in total. The second-order valence-electron chi connectivity index (χ2n) is 7.86. The Bertz CT molecular complexity index is 1200. The van der Waals surface area contributed by atoms with Crippen LogP contribution in [0.2, 0.25) is 0 Å². The van der Waals surface area contributed by atoms with E-state index in [-0.39, 0.29) is 56.8 Å². The van der Waals surface area contributed by atoms with Gasteiger partial charge in [-0.3, -0.25) is 0 Å². The van der Waals surface area contributed by atoms with Gasteiger partial charge in [0.25, 0.3) is 0 Å². The van der Waals surface area contributed by atoms with Crippen LogP contribution in [-0.4, -0.2) is 87.3 Å². The fourth-order valence-electron chi connectivity index (χ4n) is 3.79. The summed E-state index contributed by atoms with van der Waals surface area (Å²) in [6, 6.07) is 6.50. The fraction of sp³-hybridized carbons (Fsp3) is 0.348. The zero-order valence-electron chi connectivity index (χ0n) is 18.7. The number of aliphatic hydroxyl groups is 4. The van der Waals surface area contributed by atoms with Crippen molar-refractivity contribution in [2.75, 3.05) is 20.8 Å². The zero-order chi connectivity index (χ0) is 25.4. The van der Waals surface area contributed by atoms with E-state index in [0.717, 1.165) is 6.07 Å². The van der Waals surface area contributed by atoms with Gasteiger partial charge in [-0.25, -0.2) is 4.42 Å². The summed E-state index contributed by atoms with van der Waals surface area (Å²) >= 11 is 0.